The average Bonchev–Trinajstić information content (AvgIpc) is 3.02. The summed E-state index contributed by atoms with van der Waals surface area (Å²) in [5.74, 6) is 0.284. The van der Waals surface area contributed by atoms with Crippen molar-refractivity contribution in [3.63, 3.8) is 0 Å². The predicted molar refractivity (Wildman–Crippen MR) is 93.6 cm³/mol. The highest BCUT2D eigenvalue weighted by Gasteiger charge is 2.36. The predicted octanol–water partition coefficient (Wildman–Crippen LogP) is 4.46. The van der Waals surface area contributed by atoms with Gasteiger partial charge in [0.1, 0.15) is 18.3 Å². The molecule has 0 radical (unpaired) electrons. The molecule has 4 nitrogen and oxygen atoms in total. The average molecular weight is 370 g/mol. The largest absolute Gasteiger partial charge is 0.487 e. The maximum atomic E-state index is 12.3. The Morgan fingerprint density at radius 2 is 2.23 bits per heavy atom. The molecule has 1 aliphatic heterocycles. The molecule has 1 fully saturated rings. The molecule has 0 saturated carbocycles. The zero-order chi connectivity index (χ0) is 19.2. The van der Waals surface area contributed by atoms with Crippen LogP contribution in [0.1, 0.15) is 45.1 Å². The van der Waals surface area contributed by atoms with E-state index < -0.39 is 18.5 Å². The van der Waals surface area contributed by atoms with Crippen LogP contribution in [0, 0.1) is 5.92 Å². The van der Waals surface area contributed by atoms with E-state index in [-0.39, 0.29) is 19.2 Å². The molecule has 2 atom stereocenters. The molecule has 0 aromatic carbocycles. The lowest BCUT2D eigenvalue weighted by atomic mass is 10.0. The maximum absolute atomic E-state index is 12.3. The molecule has 7 heteroatoms. The number of hydrogen-bond acceptors (Lipinski definition) is 3. The van der Waals surface area contributed by atoms with E-state index in [1.54, 1.807) is 12.4 Å². The summed E-state index contributed by atoms with van der Waals surface area (Å²) in [6, 6.07) is 1.85. The molecule has 1 aromatic rings. The maximum Gasteiger partial charge on any atom is 0.397 e. The third-order valence-electron chi connectivity index (χ3n) is 4.43. The van der Waals surface area contributed by atoms with Gasteiger partial charge in [-0.05, 0) is 24.0 Å². The van der Waals surface area contributed by atoms with Crippen LogP contribution in [0.25, 0.3) is 6.08 Å². The molecular formula is C19H25F3N2O2. The first-order chi connectivity index (χ1) is 12.3. The second-order valence-corrected chi connectivity index (χ2v) is 6.77. The summed E-state index contributed by atoms with van der Waals surface area (Å²) in [7, 11) is 0. The summed E-state index contributed by atoms with van der Waals surface area (Å²) in [6.45, 7) is 4.79. The van der Waals surface area contributed by atoms with Crippen molar-refractivity contribution in [1.29, 1.82) is 0 Å². The van der Waals surface area contributed by atoms with E-state index in [1.165, 1.54) is 4.90 Å². The van der Waals surface area contributed by atoms with Gasteiger partial charge < -0.3 is 9.64 Å². The Labute approximate surface area is 152 Å². The molecular weight excluding hydrogens is 345 g/mol. The quantitative estimate of drug-likeness (QED) is 0.711. The number of ether oxygens (including phenoxy) is 1. The number of carbonyl (C=O) groups is 1. The van der Waals surface area contributed by atoms with E-state index in [9.17, 15) is 18.0 Å². The Balaban J connectivity index is 1.88. The number of pyridine rings is 1. The first-order valence-electron chi connectivity index (χ1n) is 8.89. The van der Waals surface area contributed by atoms with Crippen LogP contribution in [0.5, 0.6) is 5.75 Å². The van der Waals surface area contributed by atoms with Crippen LogP contribution >= 0.6 is 0 Å². The van der Waals surface area contributed by atoms with Gasteiger partial charge in [0.15, 0.2) is 0 Å². The topological polar surface area (TPSA) is 42.4 Å². The molecule has 1 amide bonds. The normalized spacial score (nSPS) is 19.1. The Kier molecular flexibility index (Phi) is 7.06. The molecule has 0 spiro atoms. The molecule has 0 aliphatic carbocycles. The number of hydrogen-bond donors (Lipinski definition) is 0. The van der Waals surface area contributed by atoms with Crippen LogP contribution in [0.4, 0.5) is 13.2 Å². The van der Waals surface area contributed by atoms with Gasteiger partial charge in [-0.15, -0.1) is 0 Å². The van der Waals surface area contributed by atoms with Gasteiger partial charge in [-0.1, -0.05) is 32.4 Å². The van der Waals surface area contributed by atoms with Gasteiger partial charge in [-0.25, -0.2) is 0 Å². The zero-order valence-corrected chi connectivity index (χ0v) is 15.1. The molecule has 1 aliphatic rings. The summed E-state index contributed by atoms with van der Waals surface area (Å²) >= 11 is 0. The fourth-order valence-electron chi connectivity index (χ4n) is 2.72. The fraction of sp³-hybridized carbons (Fsp3) is 0.579. The van der Waals surface area contributed by atoms with E-state index in [0.717, 1.165) is 18.4 Å². The summed E-state index contributed by atoms with van der Waals surface area (Å²) in [6.07, 6.45) is 3.80. The van der Waals surface area contributed by atoms with Gasteiger partial charge in [-0.3, -0.25) is 9.78 Å². The van der Waals surface area contributed by atoms with Crippen molar-refractivity contribution >= 4 is 12.0 Å². The monoisotopic (exact) mass is 370 g/mol. The lowest BCUT2D eigenvalue weighted by molar-refractivity contribution is -0.160. The van der Waals surface area contributed by atoms with Crippen LogP contribution in [0.15, 0.2) is 24.5 Å². The number of carbonyl (C=O) groups excluding carboxylic acids is 1. The molecule has 0 bridgehead atoms. The standard InChI is InChI=1S/C19H25F3N2O2/c1-3-14(2)5-4-6-15-9-17(12-23-11-15)26-16-7-8-24(13-16)18(25)10-19(20,21)22/h4,6,9,11-12,14,16H,3,5,7-8,10,13H2,1-2H3/b6-4+/t14-,16+/m1/s1. The number of halogens is 3. The van der Waals surface area contributed by atoms with Gasteiger partial charge >= 0.3 is 6.18 Å². The van der Waals surface area contributed by atoms with Crippen LogP contribution < -0.4 is 4.74 Å². The smallest absolute Gasteiger partial charge is 0.397 e. The van der Waals surface area contributed by atoms with Crippen LogP contribution in [-0.4, -0.2) is 41.2 Å². The number of rotatable bonds is 7. The minimum Gasteiger partial charge on any atom is -0.487 e. The molecule has 1 aromatic heterocycles. The second-order valence-electron chi connectivity index (χ2n) is 6.77. The number of aromatic nitrogens is 1. The Morgan fingerprint density at radius 3 is 2.92 bits per heavy atom. The van der Waals surface area contributed by atoms with Crippen molar-refractivity contribution in [2.75, 3.05) is 13.1 Å². The van der Waals surface area contributed by atoms with E-state index in [0.29, 0.717) is 18.1 Å². The first-order valence-corrected chi connectivity index (χ1v) is 8.89. The van der Waals surface area contributed by atoms with Gasteiger partial charge in [0, 0.05) is 19.2 Å². The highest BCUT2D eigenvalue weighted by Crippen LogP contribution is 2.24. The minimum absolute atomic E-state index is 0.170. The van der Waals surface area contributed by atoms with E-state index >= 15 is 0 Å². The van der Waals surface area contributed by atoms with Crippen molar-refractivity contribution in [1.82, 2.24) is 9.88 Å². The lowest BCUT2D eigenvalue weighted by Gasteiger charge is -2.18. The van der Waals surface area contributed by atoms with Crippen LogP contribution in [-0.2, 0) is 4.79 Å². The Bertz CT molecular complexity index is 631. The molecule has 26 heavy (non-hydrogen) atoms. The molecule has 144 valence electrons. The number of allylic oxidation sites excluding steroid dienone is 1. The minimum atomic E-state index is -4.48. The lowest BCUT2D eigenvalue weighted by Crippen LogP contribution is -2.33. The van der Waals surface area contributed by atoms with E-state index in [2.05, 4.69) is 24.9 Å². The summed E-state index contributed by atoms with van der Waals surface area (Å²) in [4.78, 5) is 17.0. The van der Waals surface area contributed by atoms with E-state index in [1.807, 2.05) is 12.1 Å². The third kappa shape index (κ3) is 6.69. The highest BCUT2D eigenvalue weighted by molar-refractivity contribution is 5.77. The summed E-state index contributed by atoms with van der Waals surface area (Å²) < 4.78 is 42.8. The van der Waals surface area contributed by atoms with Gasteiger partial charge in [0.05, 0.1) is 12.7 Å². The van der Waals surface area contributed by atoms with Crippen LogP contribution in [0.3, 0.4) is 0 Å². The summed E-state index contributed by atoms with van der Waals surface area (Å²) in [5.41, 5.74) is 0.911. The van der Waals surface area contributed by atoms with Crippen molar-refractivity contribution in [3.05, 3.63) is 30.1 Å². The molecule has 2 rings (SSSR count). The van der Waals surface area contributed by atoms with Gasteiger partial charge in [0.2, 0.25) is 5.91 Å². The fourth-order valence-corrected chi connectivity index (χ4v) is 2.72. The second kappa shape index (κ2) is 9.05. The number of alkyl halides is 3. The molecule has 0 unspecified atom stereocenters. The number of likely N-dealkylation sites (tertiary alicyclic amines) is 1. The van der Waals surface area contributed by atoms with Crippen molar-refractivity contribution in [2.24, 2.45) is 5.92 Å². The Hall–Kier alpha value is -2.05. The van der Waals surface area contributed by atoms with Gasteiger partial charge in [-0.2, -0.15) is 13.2 Å². The summed E-state index contributed by atoms with van der Waals surface area (Å²) in [5, 5.41) is 0. The van der Waals surface area contributed by atoms with Gasteiger partial charge in [0.25, 0.3) is 0 Å². The van der Waals surface area contributed by atoms with E-state index in [4.69, 9.17) is 4.74 Å². The number of nitrogens with zero attached hydrogens (tertiary/aromatic N) is 2. The molecule has 2 heterocycles. The highest BCUT2D eigenvalue weighted by atomic mass is 19.4. The molecule has 1 saturated heterocycles. The zero-order valence-electron chi connectivity index (χ0n) is 15.1. The third-order valence-corrected chi connectivity index (χ3v) is 4.43. The Morgan fingerprint density at radius 1 is 1.46 bits per heavy atom. The number of amides is 1. The van der Waals surface area contributed by atoms with Crippen molar-refractivity contribution in [2.45, 2.75) is 51.8 Å². The SMILES string of the molecule is CC[C@@H](C)C/C=C/c1cncc(O[C@H]2CCN(C(=O)CC(F)(F)F)C2)c1. The van der Waals surface area contributed by atoms with Crippen LogP contribution in [0.2, 0.25) is 0 Å². The van der Waals surface area contributed by atoms with Crippen molar-refractivity contribution in [3.8, 4) is 5.75 Å². The van der Waals surface area contributed by atoms with Crippen molar-refractivity contribution < 1.29 is 22.7 Å². The first kappa shape index (κ1) is 20.3. The molecule has 0 N–H and O–H groups in total.